The number of benzene rings is 4. The van der Waals surface area contributed by atoms with E-state index in [1.54, 1.807) is 49.4 Å². The van der Waals surface area contributed by atoms with Crippen LogP contribution in [0, 0.1) is 13.8 Å². The van der Waals surface area contributed by atoms with E-state index >= 15 is 0 Å². The summed E-state index contributed by atoms with van der Waals surface area (Å²) in [5, 5.41) is 3.85. The Morgan fingerprint density at radius 2 is 1.46 bits per heavy atom. The molecule has 0 aromatic heterocycles. The van der Waals surface area contributed by atoms with Crippen LogP contribution in [0.1, 0.15) is 36.1 Å². The third-order valence-corrected chi connectivity index (χ3v) is 10.1. The predicted molar refractivity (Wildman–Crippen MR) is 186 cm³/mol. The van der Waals surface area contributed by atoms with Gasteiger partial charge in [-0.2, -0.15) is 0 Å². The first kappa shape index (κ1) is 35.3. The second kappa shape index (κ2) is 15.4. The zero-order chi connectivity index (χ0) is 33.6. The zero-order valence-electron chi connectivity index (χ0n) is 26.0. The van der Waals surface area contributed by atoms with Gasteiger partial charge in [-0.1, -0.05) is 95.0 Å². The number of nitrogens with zero attached hydrogens (tertiary/aromatic N) is 2. The Morgan fingerprint density at radius 1 is 0.826 bits per heavy atom. The second-order valence-electron chi connectivity index (χ2n) is 11.3. The fourth-order valence-electron chi connectivity index (χ4n) is 4.99. The van der Waals surface area contributed by atoms with Gasteiger partial charge in [-0.05, 0) is 75.2 Å². The van der Waals surface area contributed by atoms with Gasteiger partial charge in [0.05, 0.1) is 10.6 Å². The Hall–Kier alpha value is -3.56. The van der Waals surface area contributed by atoms with Crippen molar-refractivity contribution in [2.75, 3.05) is 10.8 Å². The molecule has 0 aliphatic heterocycles. The highest BCUT2D eigenvalue weighted by molar-refractivity contribution is 7.92. The van der Waals surface area contributed by atoms with Gasteiger partial charge in [0.25, 0.3) is 10.0 Å². The molecule has 4 aromatic rings. The molecule has 4 aromatic carbocycles. The van der Waals surface area contributed by atoms with Crippen molar-refractivity contribution in [1.29, 1.82) is 0 Å². The highest BCUT2D eigenvalue weighted by atomic mass is 35.5. The molecule has 1 unspecified atom stereocenters. The van der Waals surface area contributed by atoms with Gasteiger partial charge >= 0.3 is 0 Å². The van der Waals surface area contributed by atoms with Crippen LogP contribution in [-0.4, -0.2) is 43.8 Å². The molecule has 0 bridgehead atoms. The number of rotatable bonds is 12. The third kappa shape index (κ3) is 8.62. The lowest BCUT2D eigenvalue weighted by atomic mass is 10.0. The largest absolute Gasteiger partial charge is 0.352 e. The Bertz CT molecular complexity index is 1780. The van der Waals surface area contributed by atoms with Crippen molar-refractivity contribution < 1.29 is 18.0 Å². The van der Waals surface area contributed by atoms with E-state index in [0.29, 0.717) is 26.2 Å². The summed E-state index contributed by atoms with van der Waals surface area (Å²) >= 11 is 19.5. The standard InChI is InChI=1S/C35H36Cl3N3O4S/c1-23(2)39-35(43)33(19-26-9-6-5-7-10-26)40(21-29-30(37)11-8-12-31(29)38)34(42)22-41(32-20-27(36)16-15-25(32)4)46(44,45)28-17-13-24(3)14-18-28/h5-18,20,23,33H,19,21-22H2,1-4H3,(H,39,43). The topological polar surface area (TPSA) is 86.8 Å². The summed E-state index contributed by atoms with van der Waals surface area (Å²) in [5.74, 6) is -1.03. The first-order valence-electron chi connectivity index (χ1n) is 14.7. The predicted octanol–water partition coefficient (Wildman–Crippen LogP) is 7.62. The number of carbonyl (C=O) groups is 2. The van der Waals surface area contributed by atoms with Crippen molar-refractivity contribution in [3.05, 3.63) is 128 Å². The van der Waals surface area contributed by atoms with Crippen molar-refractivity contribution in [2.45, 2.75) is 57.6 Å². The average Bonchev–Trinajstić information content (AvgIpc) is 3.00. The van der Waals surface area contributed by atoms with Crippen molar-refractivity contribution in [3.8, 4) is 0 Å². The molecule has 0 fully saturated rings. The van der Waals surface area contributed by atoms with Crippen LogP contribution in [0.15, 0.2) is 95.9 Å². The molecule has 0 saturated carbocycles. The minimum atomic E-state index is -4.28. The molecular formula is C35H36Cl3N3O4S. The molecule has 0 aliphatic rings. The van der Waals surface area contributed by atoms with Crippen LogP contribution in [0.25, 0.3) is 0 Å². The lowest BCUT2D eigenvalue weighted by Gasteiger charge is -2.34. The Morgan fingerprint density at radius 3 is 2.07 bits per heavy atom. The fraction of sp³-hybridized carbons (Fsp3) is 0.257. The highest BCUT2D eigenvalue weighted by Crippen LogP contribution is 2.31. The van der Waals surface area contributed by atoms with Gasteiger partial charge in [0.15, 0.2) is 0 Å². The van der Waals surface area contributed by atoms with E-state index in [4.69, 9.17) is 34.8 Å². The quantitative estimate of drug-likeness (QED) is 0.165. The monoisotopic (exact) mass is 699 g/mol. The Balaban J connectivity index is 1.87. The molecule has 4 rings (SSSR count). The molecule has 0 heterocycles. The molecule has 1 N–H and O–H groups in total. The number of hydrogen-bond acceptors (Lipinski definition) is 4. The molecule has 0 saturated heterocycles. The molecule has 1 atom stereocenters. The van der Waals surface area contributed by atoms with Crippen LogP contribution in [0.4, 0.5) is 5.69 Å². The second-order valence-corrected chi connectivity index (χ2v) is 14.5. The summed E-state index contributed by atoms with van der Waals surface area (Å²) in [6.07, 6.45) is 0.161. The van der Waals surface area contributed by atoms with Gasteiger partial charge in [-0.25, -0.2) is 8.42 Å². The SMILES string of the molecule is Cc1ccc(S(=O)(=O)N(CC(=O)N(Cc2c(Cl)cccc2Cl)C(Cc2ccccc2)C(=O)NC(C)C)c2cc(Cl)ccc2C)cc1. The smallest absolute Gasteiger partial charge is 0.264 e. The highest BCUT2D eigenvalue weighted by Gasteiger charge is 2.36. The van der Waals surface area contributed by atoms with Gasteiger partial charge in [-0.3, -0.25) is 13.9 Å². The molecule has 0 aliphatic carbocycles. The lowest BCUT2D eigenvalue weighted by Crippen LogP contribution is -2.54. The molecule has 11 heteroatoms. The minimum Gasteiger partial charge on any atom is -0.352 e. The maximum absolute atomic E-state index is 14.6. The Kier molecular flexibility index (Phi) is 11.8. The third-order valence-electron chi connectivity index (χ3n) is 7.42. The summed E-state index contributed by atoms with van der Waals surface area (Å²) in [4.78, 5) is 29.8. The molecule has 2 amide bonds. The van der Waals surface area contributed by atoms with Gasteiger partial charge in [0, 0.05) is 39.6 Å². The van der Waals surface area contributed by atoms with Crippen molar-refractivity contribution in [3.63, 3.8) is 0 Å². The van der Waals surface area contributed by atoms with Crippen LogP contribution in [0.3, 0.4) is 0 Å². The molecule has 0 radical (unpaired) electrons. The maximum atomic E-state index is 14.6. The van der Waals surface area contributed by atoms with Crippen LogP contribution < -0.4 is 9.62 Å². The van der Waals surface area contributed by atoms with Gasteiger partial charge in [0.2, 0.25) is 11.8 Å². The normalized spacial score (nSPS) is 12.1. The number of aryl methyl sites for hydroxylation is 2. The Labute approximate surface area is 286 Å². The van der Waals surface area contributed by atoms with E-state index in [0.717, 1.165) is 15.4 Å². The summed E-state index contributed by atoms with van der Waals surface area (Å²) in [7, 11) is -4.28. The first-order chi connectivity index (χ1) is 21.8. The molecule has 46 heavy (non-hydrogen) atoms. The van der Waals surface area contributed by atoms with Crippen LogP contribution in [-0.2, 0) is 32.6 Å². The summed E-state index contributed by atoms with van der Waals surface area (Å²) in [6, 6.07) is 24.2. The van der Waals surface area contributed by atoms with E-state index in [9.17, 15) is 18.0 Å². The first-order valence-corrected chi connectivity index (χ1v) is 17.3. The number of sulfonamides is 1. The summed E-state index contributed by atoms with van der Waals surface area (Å²) < 4.78 is 29.6. The van der Waals surface area contributed by atoms with Gasteiger partial charge in [0.1, 0.15) is 12.6 Å². The summed E-state index contributed by atoms with van der Waals surface area (Å²) in [5.41, 5.74) is 2.95. The fourth-order valence-corrected chi connectivity index (χ4v) is 7.14. The molecule has 242 valence electrons. The van der Waals surface area contributed by atoms with Gasteiger partial charge < -0.3 is 10.2 Å². The number of amides is 2. The molecule has 7 nitrogen and oxygen atoms in total. The van der Waals surface area contributed by atoms with Crippen LogP contribution in [0.5, 0.6) is 0 Å². The lowest BCUT2D eigenvalue weighted by molar-refractivity contribution is -0.140. The summed E-state index contributed by atoms with van der Waals surface area (Å²) in [6.45, 7) is 6.47. The maximum Gasteiger partial charge on any atom is 0.264 e. The number of halogens is 3. The minimum absolute atomic E-state index is 0.00404. The zero-order valence-corrected chi connectivity index (χ0v) is 29.1. The van der Waals surface area contributed by atoms with Crippen molar-refractivity contribution >= 4 is 62.3 Å². The van der Waals surface area contributed by atoms with Crippen molar-refractivity contribution in [2.24, 2.45) is 0 Å². The number of nitrogens with one attached hydrogen (secondary N) is 1. The number of anilines is 1. The number of hydrogen-bond donors (Lipinski definition) is 1. The average molecular weight is 701 g/mol. The van der Waals surface area contributed by atoms with E-state index in [1.807, 2.05) is 51.1 Å². The van der Waals surface area contributed by atoms with E-state index in [2.05, 4.69) is 5.32 Å². The van der Waals surface area contributed by atoms with Gasteiger partial charge in [-0.15, -0.1) is 0 Å². The number of carbonyl (C=O) groups excluding carboxylic acids is 2. The van der Waals surface area contributed by atoms with Crippen LogP contribution >= 0.6 is 34.8 Å². The van der Waals surface area contributed by atoms with Crippen molar-refractivity contribution in [1.82, 2.24) is 10.2 Å². The van der Waals surface area contributed by atoms with Crippen LogP contribution in [0.2, 0.25) is 15.1 Å². The molecule has 0 spiro atoms. The van der Waals surface area contributed by atoms with E-state index < -0.39 is 34.4 Å². The van der Waals surface area contributed by atoms with E-state index in [-0.39, 0.29) is 29.6 Å². The molecular weight excluding hydrogens is 665 g/mol. The van der Waals surface area contributed by atoms with E-state index in [1.165, 1.54) is 23.1 Å².